The first kappa shape index (κ1) is 13.4. The van der Waals surface area contributed by atoms with Crippen molar-refractivity contribution in [2.45, 2.75) is 13.3 Å². The molecule has 0 spiro atoms. The van der Waals surface area contributed by atoms with Crippen LogP contribution in [-0.2, 0) is 19.1 Å². The summed E-state index contributed by atoms with van der Waals surface area (Å²) in [7, 11) is 0. The first-order chi connectivity index (χ1) is 6.99. The maximum Gasteiger partial charge on any atom is 0.317 e. The van der Waals surface area contributed by atoms with Crippen LogP contribution < -0.4 is 0 Å². The molecular formula is C9H12O6. The van der Waals surface area contributed by atoms with Gasteiger partial charge >= 0.3 is 11.9 Å². The van der Waals surface area contributed by atoms with Crippen LogP contribution in [0.2, 0.25) is 0 Å². The second-order valence-corrected chi connectivity index (χ2v) is 2.95. The van der Waals surface area contributed by atoms with E-state index in [-0.39, 0.29) is 19.6 Å². The average Bonchev–Trinajstić information content (AvgIpc) is 2.15. The zero-order chi connectivity index (χ0) is 11.8. The minimum absolute atomic E-state index is 0.0255. The smallest absolute Gasteiger partial charge is 0.317 e. The van der Waals surface area contributed by atoms with Crippen LogP contribution >= 0.6 is 0 Å². The monoisotopic (exact) mass is 216 g/mol. The van der Waals surface area contributed by atoms with Gasteiger partial charge in [-0.05, 0) is 13.3 Å². The fourth-order valence-electron chi connectivity index (χ4n) is 0.808. The van der Waals surface area contributed by atoms with E-state index in [1.807, 2.05) is 0 Å². The predicted molar refractivity (Wildman–Crippen MR) is 49.1 cm³/mol. The quantitative estimate of drug-likeness (QED) is 0.351. The molecule has 0 atom stereocenters. The van der Waals surface area contributed by atoms with Gasteiger partial charge in [-0.25, -0.2) is 4.79 Å². The molecule has 0 bridgehead atoms. The lowest BCUT2D eigenvalue weighted by atomic mass is 10.1. The minimum atomic E-state index is -1.47. The van der Waals surface area contributed by atoms with Gasteiger partial charge in [-0.2, -0.15) is 0 Å². The van der Waals surface area contributed by atoms with Crippen molar-refractivity contribution >= 4 is 17.9 Å². The Labute approximate surface area is 86.2 Å². The van der Waals surface area contributed by atoms with Crippen LogP contribution in [0.1, 0.15) is 13.3 Å². The topological polar surface area (TPSA) is 101 Å². The number of hydrogen-bond acceptors (Lipinski definition) is 4. The van der Waals surface area contributed by atoms with E-state index in [0.29, 0.717) is 5.57 Å². The highest BCUT2D eigenvalue weighted by molar-refractivity contribution is 5.92. The number of carboxylic acid groups (broad SMARTS) is 2. The van der Waals surface area contributed by atoms with E-state index in [9.17, 15) is 14.4 Å². The summed E-state index contributed by atoms with van der Waals surface area (Å²) in [6.45, 7) is 1.52. The summed E-state index contributed by atoms with van der Waals surface area (Å²) in [6, 6.07) is 0. The number of hydrogen-bond donors (Lipinski definition) is 2. The summed E-state index contributed by atoms with van der Waals surface area (Å²) in [5.74, 6) is -2.65. The summed E-state index contributed by atoms with van der Waals surface area (Å²) in [6.07, 6.45) is -0.128. The largest absolute Gasteiger partial charge is 0.481 e. The Bertz CT molecular complexity index is 275. The van der Waals surface area contributed by atoms with E-state index >= 15 is 0 Å². The number of ether oxygens (including phenoxy) is 1. The molecule has 2 N–H and O–H groups in total. The molecular weight excluding hydrogens is 204 g/mol. The zero-order valence-electron chi connectivity index (χ0n) is 8.23. The molecule has 15 heavy (non-hydrogen) atoms. The Balaban J connectivity index is 3.87. The molecule has 0 aromatic heterocycles. The highest BCUT2D eigenvalue weighted by Gasteiger charge is 2.24. The van der Waals surface area contributed by atoms with Crippen molar-refractivity contribution in [1.29, 1.82) is 0 Å². The normalized spacial score (nSPS) is 9.73. The molecule has 0 heterocycles. The van der Waals surface area contributed by atoms with Crippen molar-refractivity contribution in [2.24, 2.45) is 5.92 Å². The lowest BCUT2D eigenvalue weighted by Gasteiger charge is -2.07. The van der Waals surface area contributed by atoms with E-state index in [2.05, 4.69) is 0 Å². The number of rotatable bonds is 7. The zero-order valence-corrected chi connectivity index (χ0v) is 8.23. The molecule has 0 saturated heterocycles. The molecule has 0 rings (SSSR count). The van der Waals surface area contributed by atoms with Gasteiger partial charge in [0.25, 0.3) is 0 Å². The fourth-order valence-corrected chi connectivity index (χ4v) is 0.808. The number of carbonyl (C=O) groups excluding carboxylic acids is 1. The molecule has 0 aromatic rings. The summed E-state index contributed by atoms with van der Waals surface area (Å²) >= 11 is 0. The van der Waals surface area contributed by atoms with Crippen molar-refractivity contribution in [2.75, 3.05) is 13.2 Å². The van der Waals surface area contributed by atoms with Gasteiger partial charge < -0.3 is 14.9 Å². The van der Waals surface area contributed by atoms with Gasteiger partial charge in [0, 0.05) is 12.2 Å². The molecule has 0 unspecified atom stereocenters. The SMILES string of the molecule is CC(=C=O)COCCC(C(=O)O)C(=O)O. The molecule has 6 heteroatoms. The van der Waals surface area contributed by atoms with Crippen molar-refractivity contribution < 1.29 is 29.3 Å². The van der Waals surface area contributed by atoms with Gasteiger partial charge in [-0.1, -0.05) is 0 Å². The Hall–Kier alpha value is -1.65. The molecule has 0 aliphatic heterocycles. The third kappa shape index (κ3) is 5.61. The summed E-state index contributed by atoms with van der Waals surface area (Å²) < 4.78 is 4.89. The van der Waals surface area contributed by atoms with Crippen molar-refractivity contribution in [3.05, 3.63) is 5.57 Å². The van der Waals surface area contributed by atoms with Gasteiger partial charge in [0.05, 0.1) is 6.61 Å². The molecule has 0 fully saturated rings. The fraction of sp³-hybridized carbons (Fsp3) is 0.556. The van der Waals surface area contributed by atoms with Crippen LogP contribution in [-0.4, -0.2) is 41.3 Å². The lowest BCUT2D eigenvalue weighted by Crippen LogP contribution is -2.24. The highest BCUT2D eigenvalue weighted by Crippen LogP contribution is 2.04. The number of aliphatic carboxylic acids is 2. The van der Waals surface area contributed by atoms with Crippen LogP contribution in [0.5, 0.6) is 0 Å². The van der Waals surface area contributed by atoms with Crippen molar-refractivity contribution in [1.82, 2.24) is 0 Å². The van der Waals surface area contributed by atoms with Crippen molar-refractivity contribution in [3.8, 4) is 0 Å². The predicted octanol–water partition coefficient (Wildman–Crippen LogP) is -0.0436. The molecule has 0 aromatic carbocycles. The highest BCUT2D eigenvalue weighted by atomic mass is 16.5. The molecule has 0 aliphatic carbocycles. The summed E-state index contributed by atoms with van der Waals surface area (Å²) in [5, 5.41) is 17.0. The number of carbonyl (C=O) groups is 2. The lowest BCUT2D eigenvalue weighted by molar-refractivity contribution is -0.155. The molecule has 0 amide bonds. The molecule has 84 valence electrons. The summed E-state index contributed by atoms with van der Waals surface area (Å²) in [4.78, 5) is 30.9. The van der Waals surface area contributed by atoms with Crippen LogP contribution in [0.25, 0.3) is 0 Å². The Morgan fingerprint density at radius 2 is 1.87 bits per heavy atom. The molecule has 0 saturated carbocycles. The van der Waals surface area contributed by atoms with E-state index in [4.69, 9.17) is 14.9 Å². The third-order valence-corrected chi connectivity index (χ3v) is 1.64. The van der Waals surface area contributed by atoms with Gasteiger partial charge in [-0.3, -0.25) is 9.59 Å². The maximum atomic E-state index is 10.4. The second-order valence-electron chi connectivity index (χ2n) is 2.95. The average molecular weight is 216 g/mol. The van der Waals surface area contributed by atoms with Gasteiger partial charge in [0.15, 0.2) is 5.92 Å². The van der Waals surface area contributed by atoms with Crippen LogP contribution in [0.15, 0.2) is 5.57 Å². The van der Waals surface area contributed by atoms with E-state index < -0.39 is 17.9 Å². The van der Waals surface area contributed by atoms with Gasteiger partial charge in [-0.15, -0.1) is 0 Å². The Morgan fingerprint density at radius 1 is 1.33 bits per heavy atom. The van der Waals surface area contributed by atoms with E-state index in [1.54, 1.807) is 5.94 Å². The molecule has 6 nitrogen and oxygen atoms in total. The Morgan fingerprint density at radius 3 is 2.27 bits per heavy atom. The van der Waals surface area contributed by atoms with Crippen LogP contribution in [0.4, 0.5) is 0 Å². The minimum Gasteiger partial charge on any atom is -0.481 e. The third-order valence-electron chi connectivity index (χ3n) is 1.64. The maximum absolute atomic E-state index is 10.4. The van der Waals surface area contributed by atoms with E-state index in [1.165, 1.54) is 6.92 Å². The first-order valence-electron chi connectivity index (χ1n) is 4.23. The molecule has 0 radical (unpaired) electrons. The standard InChI is InChI=1S/C9H12O6/c1-6(4-10)5-15-3-2-7(8(11)12)9(13)14/h7H,2-3,5H2,1H3,(H,11,12)(H,13,14). The van der Waals surface area contributed by atoms with Crippen molar-refractivity contribution in [3.63, 3.8) is 0 Å². The van der Waals surface area contributed by atoms with Gasteiger partial charge in [0.1, 0.15) is 5.94 Å². The summed E-state index contributed by atoms with van der Waals surface area (Å²) in [5.41, 5.74) is 0.345. The Kier molecular flexibility index (Phi) is 6.01. The second kappa shape index (κ2) is 6.75. The van der Waals surface area contributed by atoms with Crippen LogP contribution in [0, 0.1) is 5.92 Å². The van der Waals surface area contributed by atoms with Crippen LogP contribution in [0.3, 0.4) is 0 Å². The first-order valence-corrected chi connectivity index (χ1v) is 4.23. The van der Waals surface area contributed by atoms with E-state index in [0.717, 1.165) is 0 Å². The number of carboxylic acids is 2. The molecule has 0 aliphatic rings. The van der Waals surface area contributed by atoms with Gasteiger partial charge in [0.2, 0.25) is 0 Å².